The molecule has 3 heterocycles. The molecule has 1 aliphatic rings. The van der Waals surface area contributed by atoms with Crippen molar-refractivity contribution in [1.29, 1.82) is 0 Å². The van der Waals surface area contributed by atoms with Gasteiger partial charge in [-0.3, -0.25) is 4.79 Å². The summed E-state index contributed by atoms with van der Waals surface area (Å²) < 4.78 is 4.91. The molecule has 6 nitrogen and oxygen atoms in total. The number of amides is 1. The molecule has 0 aromatic carbocycles. The van der Waals surface area contributed by atoms with Gasteiger partial charge in [-0.25, -0.2) is 9.97 Å². The fourth-order valence-corrected chi connectivity index (χ4v) is 2.52. The van der Waals surface area contributed by atoms with E-state index in [1.807, 2.05) is 6.07 Å². The predicted molar refractivity (Wildman–Crippen MR) is 78.0 cm³/mol. The van der Waals surface area contributed by atoms with Gasteiger partial charge in [-0.2, -0.15) is 0 Å². The maximum Gasteiger partial charge on any atom is 0.254 e. The molecule has 0 bridgehead atoms. The molecule has 1 fully saturated rings. The number of piperidine rings is 1. The molecule has 2 aromatic heterocycles. The van der Waals surface area contributed by atoms with Gasteiger partial charge in [0.25, 0.3) is 5.91 Å². The fraction of sp³-hybridized carbons (Fsp3) is 0.400. The van der Waals surface area contributed by atoms with Crippen LogP contribution in [0.4, 0.5) is 5.95 Å². The molecule has 1 amide bonds. The smallest absolute Gasteiger partial charge is 0.254 e. The Bertz CT molecular complexity index is 563. The number of carbonyl (C=O) groups excluding carboxylic acids is 1. The maximum atomic E-state index is 11.8. The molecule has 6 heteroatoms. The van der Waals surface area contributed by atoms with E-state index in [9.17, 15) is 4.79 Å². The number of nitrogens with one attached hydrogen (secondary N) is 1. The molecule has 0 aliphatic carbocycles. The van der Waals surface area contributed by atoms with Crippen molar-refractivity contribution in [2.24, 2.45) is 5.92 Å². The number of anilines is 1. The van der Waals surface area contributed by atoms with Crippen LogP contribution in [0, 0.1) is 5.92 Å². The van der Waals surface area contributed by atoms with Crippen molar-refractivity contribution < 1.29 is 9.21 Å². The van der Waals surface area contributed by atoms with Crippen molar-refractivity contribution in [3.63, 3.8) is 0 Å². The number of aromatic nitrogens is 2. The zero-order valence-electron chi connectivity index (χ0n) is 11.7. The Morgan fingerprint density at radius 1 is 1.33 bits per heavy atom. The van der Waals surface area contributed by atoms with Gasteiger partial charge in [-0.15, -0.1) is 0 Å². The van der Waals surface area contributed by atoms with Crippen molar-refractivity contribution in [3.8, 4) is 0 Å². The highest BCUT2D eigenvalue weighted by Gasteiger charge is 2.21. The minimum atomic E-state index is -0.0717. The molecule has 0 unspecified atom stereocenters. The molecule has 110 valence electrons. The normalized spacial score (nSPS) is 15.9. The highest BCUT2D eigenvalue weighted by molar-refractivity contribution is 5.93. The standard InChI is InChI=1S/C15H18N4O2/c20-14(13-4-9-21-11-13)18-10-12-2-7-19(8-3-12)15-16-5-1-6-17-15/h1,4-6,9,11-12H,2-3,7-8,10H2,(H,18,20). The summed E-state index contributed by atoms with van der Waals surface area (Å²) in [5, 5.41) is 2.96. The Labute approximate surface area is 123 Å². The van der Waals surface area contributed by atoms with E-state index in [1.165, 1.54) is 12.5 Å². The third-order valence-electron chi connectivity index (χ3n) is 3.78. The first-order valence-electron chi connectivity index (χ1n) is 7.15. The third-order valence-corrected chi connectivity index (χ3v) is 3.78. The lowest BCUT2D eigenvalue weighted by Gasteiger charge is -2.31. The first-order chi connectivity index (χ1) is 10.3. The fourth-order valence-electron chi connectivity index (χ4n) is 2.52. The van der Waals surface area contributed by atoms with Crippen LogP contribution in [0.3, 0.4) is 0 Å². The van der Waals surface area contributed by atoms with E-state index >= 15 is 0 Å². The van der Waals surface area contributed by atoms with E-state index in [-0.39, 0.29) is 5.91 Å². The summed E-state index contributed by atoms with van der Waals surface area (Å²) in [6.45, 7) is 2.56. The Hall–Kier alpha value is -2.37. The number of carbonyl (C=O) groups is 1. The van der Waals surface area contributed by atoms with Crippen LogP contribution in [-0.2, 0) is 0 Å². The van der Waals surface area contributed by atoms with E-state index in [1.54, 1.807) is 18.5 Å². The summed E-state index contributed by atoms with van der Waals surface area (Å²) in [5.41, 5.74) is 0.574. The van der Waals surface area contributed by atoms with Crippen molar-refractivity contribution in [1.82, 2.24) is 15.3 Å². The van der Waals surface area contributed by atoms with Gasteiger partial charge in [0.1, 0.15) is 6.26 Å². The molecule has 0 radical (unpaired) electrons. The molecule has 3 rings (SSSR count). The second-order valence-corrected chi connectivity index (χ2v) is 5.20. The summed E-state index contributed by atoms with van der Waals surface area (Å²) in [6, 6.07) is 3.49. The Morgan fingerprint density at radius 2 is 2.10 bits per heavy atom. The lowest BCUT2D eigenvalue weighted by atomic mass is 9.97. The number of hydrogen-bond acceptors (Lipinski definition) is 5. The monoisotopic (exact) mass is 286 g/mol. The van der Waals surface area contributed by atoms with Gasteiger partial charge in [-0.05, 0) is 30.9 Å². The molecular formula is C15H18N4O2. The number of rotatable bonds is 4. The first kappa shape index (κ1) is 13.6. The maximum absolute atomic E-state index is 11.8. The summed E-state index contributed by atoms with van der Waals surface area (Å²) >= 11 is 0. The predicted octanol–water partition coefficient (Wildman–Crippen LogP) is 1.72. The third kappa shape index (κ3) is 3.39. The second-order valence-electron chi connectivity index (χ2n) is 5.20. The average molecular weight is 286 g/mol. The zero-order chi connectivity index (χ0) is 14.5. The van der Waals surface area contributed by atoms with Crippen molar-refractivity contribution in [3.05, 3.63) is 42.6 Å². The quantitative estimate of drug-likeness (QED) is 0.926. The SMILES string of the molecule is O=C(NCC1CCN(c2ncccn2)CC1)c1ccoc1. The molecule has 0 saturated carbocycles. The lowest BCUT2D eigenvalue weighted by molar-refractivity contribution is 0.0944. The van der Waals surface area contributed by atoms with Crippen LogP contribution in [0.25, 0.3) is 0 Å². The average Bonchev–Trinajstić information content (AvgIpc) is 3.08. The Kier molecular flexibility index (Phi) is 4.14. The van der Waals surface area contributed by atoms with Gasteiger partial charge in [0.2, 0.25) is 5.95 Å². The van der Waals surface area contributed by atoms with Crippen molar-refractivity contribution >= 4 is 11.9 Å². The van der Waals surface area contributed by atoms with Crippen LogP contribution < -0.4 is 10.2 Å². The van der Waals surface area contributed by atoms with Gasteiger partial charge in [0.15, 0.2) is 0 Å². The topological polar surface area (TPSA) is 71.3 Å². The highest BCUT2D eigenvalue weighted by Crippen LogP contribution is 2.19. The number of hydrogen-bond donors (Lipinski definition) is 1. The summed E-state index contributed by atoms with van der Waals surface area (Å²) in [5.74, 6) is 1.22. The summed E-state index contributed by atoms with van der Waals surface area (Å²) in [7, 11) is 0. The molecule has 1 saturated heterocycles. The van der Waals surface area contributed by atoms with Gasteiger partial charge in [0, 0.05) is 32.0 Å². The van der Waals surface area contributed by atoms with Crippen molar-refractivity contribution in [2.45, 2.75) is 12.8 Å². The van der Waals surface area contributed by atoms with Crippen LogP contribution in [0.2, 0.25) is 0 Å². The molecular weight excluding hydrogens is 268 g/mol. The minimum Gasteiger partial charge on any atom is -0.472 e. The minimum absolute atomic E-state index is 0.0717. The molecule has 0 spiro atoms. The van der Waals surface area contributed by atoms with E-state index < -0.39 is 0 Å². The van der Waals surface area contributed by atoms with Gasteiger partial charge >= 0.3 is 0 Å². The van der Waals surface area contributed by atoms with E-state index in [0.717, 1.165) is 31.9 Å². The molecule has 1 aliphatic heterocycles. The summed E-state index contributed by atoms with van der Waals surface area (Å²) in [6.07, 6.45) is 8.56. The van der Waals surface area contributed by atoms with Gasteiger partial charge < -0.3 is 14.6 Å². The van der Waals surface area contributed by atoms with Crippen LogP contribution in [0.1, 0.15) is 23.2 Å². The number of furan rings is 1. The van der Waals surface area contributed by atoms with E-state index in [2.05, 4.69) is 20.2 Å². The van der Waals surface area contributed by atoms with Crippen LogP contribution >= 0.6 is 0 Å². The second kappa shape index (κ2) is 6.39. The van der Waals surface area contributed by atoms with Crippen LogP contribution in [0.5, 0.6) is 0 Å². The Balaban J connectivity index is 1.45. The van der Waals surface area contributed by atoms with Gasteiger partial charge in [-0.1, -0.05) is 0 Å². The van der Waals surface area contributed by atoms with E-state index in [0.29, 0.717) is 18.0 Å². The molecule has 1 N–H and O–H groups in total. The van der Waals surface area contributed by atoms with Gasteiger partial charge in [0.05, 0.1) is 11.8 Å². The molecule has 2 aromatic rings. The Morgan fingerprint density at radius 3 is 2.76 bits per heavy atom. The number of nitrogens with zero attached hydrogens (tertiary/aromatic N) is 3. The van der Waals surface area contributed by atoms with Crippen LogP contribution in [0.15, 0.2) is 41.5 Å². The lowest BCUT2D eigenvalue weighted by Crippen LogP contribution is -2.39. The van der Waals surface area contributed by atoms with E-state index in [4.69, 9.17) is 4.42 Å². The highest BCUT2D eigenvalue weighted by atomic mass is 16.3. The zero-order valence-corrected chi connectivity index (χ0v) is 11.7. The first-order valence-corrected chi connectivity index (χ1v) is 7.15. The largest absolute Gasteiger partial charge is 0.472 e. The summed E-state index contributed by atoms with van der Waals surface area (Å²) in [4.78, 5) is 22.6. The van der Waals surface area contributed by atoms with Crippen LogP contribution in [-0.4, -0.2) is 35.5 Å². The molecule has 0 atom stereocenters. The van der Waals surface area contributed by atoms with Crippen molar-refractivity contribution in [2.75, 3.05) is 24.5 Å². The molecule has 21 heavy (non-hydrogen) atoms.